The number of amides is 1. The molecule has 8 nitrogen and oxygen atoms in total. The van der Waals surface area contributed by atoms with Crippen LogP contribution in [0.1, 0.15) is 27.9 Å². The fourth-order valence-corrected chi connectivity index (χ4v) is 7.30. The summed E-state index contributed by atoms with van der Waals surface area (Å²) < 4.78 is 34.1. The lowest BCUT2D eigenvalue weighted by atomic mass is 10.2. The summed E-state index contributed by atoms with van der Waals surface area (Å²) in [5.74, 6) is -0.235. The van der Waals surface area contributed by atoms with E-state index in [1.807, 2.05) is 49.4 Å². The average Bonchev–Trinajstić information content (AvgIpc) is 3.45. The first-order valence-electron chi connectivity index (χ1n) is 13.5. The number of halogens is 1. The molecule has 1 saturated heterocycles. The number of hydrogen-bond acceptors (Lipinski definition) is 7. The molecule has 0 unspecified atom stereocenters. The number of carbonyl (C=O) groups is 1. The lowest BCUT2D eigenvalue weighted by molar-refractivity contribution is 0.0376. The molecule has 5 rings (SSSR count). The maximum atomic E-state index is 13.9. The predicted molar refractivity (Wildman–Crippen MR) is 164 cm³/mol. The molecule has 41 heavy (non-hydrogen) atoms. The van der Waals surface area contributed by atoms with E-state index in [2.05, 4.69) is 4.90 Å². The van der Waals surface area contributed by atoms with Crippen LogP contribution in [-0.2, 0) is 21.3 Å². The number of thiazole rings is 1. The van der Waals surface area contributed by atoms with Crippen LogP contribution in [0.25, 0.3) is 10.2 Å². The van der Waals surface area contributed by atoms with Crippen molar-refractivity contribution in [1.29, 1.82) is 0 Å². The van der Waals surface area contributed by atoms with Crippen LogP contribution in [0, 0.1) is 6.92 Å². The largest absolute Gasteiger partial charge is 0.379 e. The maximum Gasteiger partial charge on any atom is 0.260 e. The van der Waals surface area contributed by atoms with Crippen molar-refractivity contribution in [3.05, 3.63) is 88.4 Å². The molecule has 0 atom stereocenters. The lowest BCUT2D eigenvalue weighted by Gasteiger charge is -2.27. The number of anilines is 1. The van der Waals surface area contributed by atoms with Crippen LogP contribution in [0.4, 0.5) is 5.13 Å². The number of fused-ring (bicyclic) bond motifs is 1. The van der Waals surface area contributed by atoms with Gasteiger partial charge >= 0.3 is 0 Å². The number of benzene rings is 3. The molecule has 0 bridgehead atoms. The molecule has 2 heterocycles. The van der Waals surface area contributed by atoms with Crippen LogP contribution < -0.4 is 4.90 Å². The number of aryl methyl sites for hydroxylation is 1. The van der Waals surface area contributed by atoms with E-state index in [1.165, 1.54) is 27.8 Å². The summed E-state index contributed by atoms with van der Waals surface area (Å²) in [6.45, 7) is 6.70. The van der Waals surface area contributed by atoms with Crippen LogP contribution >= 0.6 is 22.9 Å². The Morgan fingerprint density at radius 1 is 1.05 bits per heavy atom. The Morgan fingerprint density at radius 3 is 2.44 bits per heavy atom. The van der Waals surface area contributed by atoms with Gasteiger partial charge in [-0.1, -0.05) is 59.3 Å². The van der Waals surface area contributed by atoms with Gasteiger partial charge in [0.2, 0.25) is 10.0 Å². The molecule has 1 aromatic heterocycles. The van der Waals surface area contributed by atoms with Crippen molar-refractivity contribution in [2.75, 3.05) is 51.3 Å². The number of hydrogen-bond donors (Lipinski definition) is 0. The number of ether oxygens (including phenoxy) is 1. The highest BCUT2D eigenvalue weighted by atomic mass is 35.5. The van der Waals surface area contributed by atoms with E-state index in [9.17, 15) is 13.2 Å². The standard InChI is InChI=1S/C30H33ClN4O4S2/c1-22-9-14-26(31)28-27(22)32-30(40-28)35(16-6-15-34-17-19-39-20-18-34)29(36)24-10-12-25(13-11-24)41(37,38)33(2)21-23-7-4-3-5-8-23/h3-5,7-14H,6,15-21H2,1-2H3. The van der Waals surface area contributed by atoms with E-state index in [0.29, 0.717) is 35.5 Å². The molecule has 0 N–H and O–H groups in total. The van der Waals surface area contributed by atoms with Crippen LogP contribution in [0.5, 0.6) is 0 Å². The van der Waals surface area contributed by atoms with E-state index in [0.717, 1.165) is 47.4 Å². The first kappa shape index (κ1) is 29.6. The fourth-order valence-electron chi connectivity index (χ4n) is 4.80. The van der Waals surface area contributed by atoms with E-state index in [1.54, 1.807) is 24.1 Å². The number of morpholine rings is 1. The van der Waals surface area contributed by atoms with Crippen LogP contribution in [0.3, 0.4) is 0 Å². The molecule has 1 amide bonds. The van der Waals surface area contributed by atoms with Crippen LogP contribution in [-0.4, -0.2) is 75.0 Å². The summed E-state index contributed by atoms with van der Waals surface area (Å²) in [4.78, 5) is 22.8. The molecule has 216 valence electrons. The number of rotatable bonds is 10. The van der Waals surface area contributed by atoms with E-state index in [4.69, 9.17) is 21.3 Å². The van der Waals surface area contributed by atoms with Gasteiger partial charge in [-0.25, -0.2) is 13.4 Å². The zero-order valence-corrected chi connectivity index (χ0v) is 25.5. The Hall–Kier alpha value is -2.86. The average molecular weight is 613 g/mol. The van der Waals surface area contributed by atoms with Gasteiger partial charge in [0.25, 0.3) is 5.91 Å². The summed E-state index contributed by atoms with van der Waals surface area (Å²) in [5.41, 5.74) is 3.06. The predicted octanol–water partition coefficient (Wildman–Crippen LogP) is 5.45. The first-order valence-corrected chi connectivity index (χ1v) is 16.2. The molecule has 0 spiro atoms. The van der Waals surface area contributed by atoms with Gasteiger partial charge in [0, 0.05) is 45.3 Å². The summed E-state index contributed by atoms with van der Waals surface area (Å²) >= 11 is 7.87. The number of carbonyl (C=O) groups excluding carboxylic acids is 1. The Balaban J connectivity index is 1.38. The lowest BCUT2D eigenvalue weighted by Crippen LogP contribution is -2.39. The highest BCUT2D eigenvalue weighted by molar-refractivity contribution is 7.89. The smallest absolute Gasteiger partial charge is 0.260 e. The van der Waals surface area contributed by atoms with Crippen molar-refractivity contribution in [1.82, 2.24) is 14.2 Å². The van der Waals surface area contributed by atoms with Crippen molar-refractivity contribution >= 4 is 54.2 Å². The second-order valence-electron chi connectivity index (χ2n) is 10.1. The van der Waals surface area contributed by atoms with Gasteiger partial charge in [-0.2, -0.15) is 4.31 Å². The summed E-state index contributed by atoms with van der Waals surface area (Å²) in [6, 6.07) is 19.3. The Bertz CT molecular complexity index is 1570. The number of sulfonamides is 1. The van der Waals surface area contributed by atoms with Gasteiger partial charge in [0.05, 0.1) is 33.3 Å². The molecule has 0 saturated carbocycles. The molecule has 1 fully saturated rings. The van der Waals surface area contributed by atoms with Gasteiger partial charge in [-0.3, -0.25) is 14.6 Å². The highest BCUT2D eigenvalue weighted by Crippen LogP contribution is 2.36. The molecule has 11 heteroatoms. The van der Waals surface area contributed by atoms with Gasteiger partial charge in [0.15, 0.2) is 5.13 Å². The topological polar surface area (TPSA) is 83.0 Å². The van der Waals surface area contributed by atoms with Gasteiger partial charge in [-0.05, 0) is 54.8 Å². The number of nitrogens with zero attached hydrogens (tertiary/aromatic N) is 4. The second-order valence-corrected chi connectivity index (χ2v) is 13.5. The summed E-state index contributed by atoms with van der Waals surface area (Å²) in [5, 5.41) is 1.17. The SMILES string of the molecule is Cc1ccc(Cl)c2sc(N(CCCN3CCOCC3)C(=O)c3ccc(S(=O)(=O)N(C)Cc4ccccc4)cc3)nc12. The monoisotopic (exact) mass is 612 g/mol. The van der Waals surface area contributed by atoms with Crippen molar-refractivity contribution in [2.24, 2.45) is 0 Å². The van der Waals surface area contributed by atoms with E-state index >= 15 is 0 Å². The third-order valence-corrected chi connectivity index (χ3v) is 10.5. The molecular weight excluding hydrogens is 580 g/mol. The van der Waals surface area contributed by atoms with Crippen LogP contribution in [0.2, 0.25) is 5.02 Å². The van der Waals surface area contributed by atoms with E-state index < -0.39 is 10.0 Å². The summed E-state index contributed by atoms with van der Waals surface area (Å²) in [7, 11) is -2.18. The maximum absolute atomic E-state index is 13.9. The Morgan fingerprint density at radius 2 is 1.76 bits per heavy atom. The highest BCUT2D eigenvalue weighted by Gasteiger charge is 2.25. The quantitative estimate of drug-likeness (QED) is 0.237. The van der Waals surface area contributed by atoms with Crippen LogP contribution in [0.15, 0.2) is 71.6 Å². The molecule has 0 aliphatic carbocycles. The first-order chi connectivity index (χ1) is 19.7. The second kappa shape index (κ2) is 13.0. The normalized spacial score (nSPS) is 14.5. The molecule has 3 aromatic carbocycles. The molecule has 4 aromatic rings. The summed E-state index contributed by atoms with van der Waals surface area (Å²) in [6.07, 6.45) is 0.755. The zero-order chi connectivity index (χ0) is 29.0. The molecule has 1 aliphatic rings. The minimum absolute atomic E-state index is 0.133. The van der Waals surface area contributed by atoms with Crippen molar-refractivity contribution in [2.45, 2.75) is 24.8 Å². The third kappa shape index (κ3) is 6.80. The van der Waals surface area contributed by atoms with E-state index in [-0.39, 0.29) is 17.3 Å². The van der Waals surface area contributed by atoms with Gasteiger partial charge in [0.1, 0.15) is 0 Å². The van der Waals surface area contributed by atoms with Crippen molar-refractivity contribution in [3.8, 4) is 0 Å². The molecule has 1 aliphatic heterocycles. The van der Waals surface area contributed by atoms with Gasteiger partial charge in [-0.15, -0.1) is 0 Å². The molecule has 0 radical (unpaired) electrons. The van der Waals surface area contributed by atoms with Gasteiger partial charge < -0.3 is 4.74 Å². The minimum atomic E-state index is -3.74. The Labute approximate surface area is 250 Å². The van der Waals surface area contributed by atoms with Crippen molar-refractivity contribution < 1.29 is 17.9 Å². The minimum Gasteiger partial charge on any atom is -0.379 e. The van der Waals surface area contributed by atoms with Crippen molar-refractivity contribution in [3.63, 3.8) is 0 Å². The molecular formula is C30H33ClN4O4S2. The fraction of sp³-hybridized carbons (Fsp3) is 0.333. The Kier molecular flexibility index (Phi) is 9.38. The zero-order valence-electron chi connectivity index (χ0n) is 23.1. The third-order valence-electron chi connectivity index (χ3n) is 7.18. The number of aromatic nitrogens is 1.